The highest BCUT2D eigenvalue weighted by molar-refractivity contribution is 9.10. The van der Waals surface area contributed by atoms with Crippen LogP contribution < -0.4 is 4.18 Å². The fourth-order valence-electron chi connectivity index (χ4n) is 3.27. The molecule has 0 spiro atoms. The fraction of sp³-hybridized carbons (Fsp3) is 0.211. The van der Waals surface area contributed by atoms with Gasteiger partial charge in [0.15, 0.2) is 0 Å². The second-order valence-corrected chi connectivity index (χ2v) is 8.89. The summed E-state index contributed by atoms with van der Waals surface area (Å²) in [5, 5.41) is 4.56. The number of benzene rings is 2. The first-order valence-corrected chi connectivity index (χ1v) is 10.6. The summed E-state index contributed by atoms with van der Waals surface area (Å²) >= 11 is 3.54. The third kappa shape index (κ3) is 2.95. The lowest BCUT2D eigenvalue weighted by Crippen LogP contribution is -2.27. The van der Waals surface area contributed by atoms with Gasteiger partial charge in [0.25, 0.3) is 0 Å². The van der Waals surface area contributed by atoms with Crippen molar-refractivity contribution in [2.24, 2.45) is 0 Å². The lowest BCUT2D eigenvalue weighted by Gasteiger charge is -2.24. The molecule has 134 valence electrons. The normalized spacial score (nSPS) is 18.2. The van der Waals surface area contributed by atoms with E-state index in [0.717, 1.165) is 32.5 Å². The van der Waals surface area contributed by atoms with Crippen molar-refractivity contribution < 1.29 is 12.6 Å². The van der Waals surface area contributed by atoms with Crippen LogP contribution in [-0.4, -0.2) is 24.0 Å². The summed E-state index contributed by atoms with van der Waals surface area (Å²) in [6, 6.07) is 15.3. The van der Waals surface area contributed by atoms with Gasteiger partial charge in [0.2, 0.25) is 5.88 Å². The van der Waals surface area contributed by atoms with E-state index in [1.807, 2.05) is 62.4 Å². The predicted octanol–water partition coefficient (Wildman–Crippen LogP) is 4.11. The van der Waals surface area contributed by atoms with Crippen LogP contribution in [0.15, 0.2) is 53.0 Å². The molecule has 0 bridgehead atoms. The van der Waals surface area contributed by atoms with Crippen molar-refractivity contribution in [3.8, 4) is 11.6 Å². The maximum Gasteiger partial charge on any atom is 0.311 e. The van der Waals surface area contributed by atoms with Crippen LogP contribution in [0.2, 0.25) is 0 Å². The molecule has 7 heteroatoms. The molecule has 4 rings (SSSR count). The molecule has 1 atom stereocenters. The smallest absolute Gasteiger partial charge is 0.311 e. The van der Waals surface area contributed by atoms with E-state index in [2.05, 4.69) is 21.0 Å². The first-order valence-electron chi connectivity index (χ1n) is 8.19. The van der Waals surface area contributed by atoms with Gasteiger partial charge in [0, 0.05) is 16.0 Å². The Hall–Kier alpha value is -2.12. The lowest BCUT2D eigenvalue weighted by atomic mass is 9.92. The average Bonchev–Trinajstić information content (AvgIpc) is 2.93. The number of halogens is 1. The highest BCUT2D eigenvalue weighted by Gasteiger charge is 2.38. The van der Waals surface area contributed by atoms with Crippen molar-refractivity contribution >= 4 is 26.0 Å². The van der Waals surface area contributed by atoms with Gasteiger partial charge in [-0.25, -0.2) is 0 Å². The number of hydrogen-bond donors (Lipinski definition) is 0. The van der Waals surface area contributed by atoms with E-state index in [0.29, 0.717) is 0 Å². The molecular weight excluding hydrogens is 416 g/mol. The number of nitrogens with zero attached hydrogens (tertiary/aromatic N) is 2. The molecule has 5 nitrogen and oxygen atoms in total. The molecule has 2 aromatic carbocycles. The number of rotatable bonds is 2. The maximum atomic E-state index is 12.5. The molecule has 26 heavy (non-hydrogen) atoms. The minimum absolute atomic E-state index is 0.100. The Labute approximate surface area is 160 Å². The fourth-order valence-corrected chi connectivity index (χ4v) is 4.91. The van der Waals surface area contributed by atoms with Gasteiger partial charge in [-0.2, -0.15) is 18.2 Å². The average molecular weight is 433 g/mol. The molecule has 0 aliphatic carbocycles. The van der Waals surface area contributed by atoms with Crippen LogP contribution in [0.3, 0.4) is 0 Å². The van der Waals surface area contributed by atoms with Gasteiger partial charge >= 0.3 is 10.1 Å². The van der Waals surface area contributed by atoms with E-state index in [4.69, 9.17) is 4.18 Å². The Morgan fingerprint density at radius 1 is 1.15 bits per heavy atom. The molecular formula is C19H17BrN2O3S. The van der Waals surface area contributed by atoms with Crippen molar-refractivity contribution in [2.75, 3.05) is 5.75 Å². The number of aromatic nitrogens is 2. The van der Waals surface area contributed by atoms with Gasteiger partial charge in [-0.05, 0) is 43.2 Å². The van der Waals surface area contributed by atoms with Crippen LogP contribution in [0.25, 0.3) is 5.69 Å². The zero-order valence-corrected chi connectivity index (χ0v) is 16.7. The third-order valence-corrected chi connectivity index (χ3v) is 6.59. The standard InChI is InChI=1S/C19H17BrN2O3S/c1-12-8-9-14(10-17(12)20)16-11-26(23,24)25-19-18(16)13(2)21-22(19)15-6-4-3-5-7-15/h3-10,16H,11H2,1-2H3. The molecule has 1 unspecified atom stereocenters. The molecule has 0 N–H and O–H groups in total. The van der Waals surface area contributed by atoms with Gasteiger partial charge in [-0.3, -0.25) is 0 Å². The predicted molar refractivity (Wildman–Crippen MR) is 103 cm³/mol. The number of para-hydroxylation sites is 1. The second-order valence-electron chi connectivity index (χ2n) is 6.42. The van der Waals surface area contributed by atoms with Crippen molar-refractivity contribution in [1.29, 1.82) is 0 Å². The van der Waals surface area contributed by atoms with Gasteiger partial charge in [-0.15, -0.1) is 0 Å². The SMILES string of the molecule is Cc1ccc(C2CS(=O)(=O)Oc3c2c(C)nn3-c2ccccc2)cc1Br. The monoisotopic (exact) mass is 432 g/mol. The Morgan fingerprint density at radius 2 is 1.88 bits per heavy atom. The summed E-state index contributed by atoms with van der Waals surface area (Å²) in [7, 11) is -3.71. The topological polar surface area (TPSA) is 61.2 Å². The molecule has 1 aliphatic heterocycles. The highest BCUT2D eigenvalue weighted by atomic mass is 79.9. The Balaban J connectivity index is 1.93. The summed E-state index contributed by atoms with van der Waals surface area (Å²) < 4.78 is 32.8. The summed E-state index contributed by atoms with van der Waals surface area (Å²) in [6.45, 7) is 3.88. The summed E-state index contributed by atoms with van der Waals surface area (Å²) in [5.74, 6) is -0.142. The Kier molecular flexibility index (Phi) is 4.16. The Morgan fingerprint density at radius 3 is 2.58 bits per heavy atom. The van der Waals surface area contributed by atoms with E-state index >= 15 is 0 Å². The van der Waals surface area contributed by atoms with E-state index < -0.39 is 10.1 Å². The van der Waals surface area contributed by atoms with Crippen LogP contribution in [0, 0.1) is 13.8 Å². The molecule has 3 aromatic rings. The molecule has 0 saturated carbocycles. The van der Waals surface area contributed by atoms with Crippen LogP contribution in [0.4, 0.5) is 0 Å². The van der Waals surface area contributed by atoms with E-state index in [-0.39, 0.29) is 17.6 Å². The van der Waals surface area contributed by atoms with Crippen LogP contribution in [0.5, 0.6) is 5.88 Å². The lowest BCUT2D eigenvalue weighted by molar-refractivity contribution is 0.446. The molecule has 0 radical (unpaired) electrons. The van der Waals surface area contributed by atoms with Gasteiger partial charge in [0.1, 0.15) is 0 Å². The zero-order valence-electron chi connectivity index (χ0n) is 14.3. The van der Waals surface area contributed by atoms with Gasteiger partial charge in [0.05, 0.1) is 17.1 Å². The van der Waals surface area contributed by atoms with Crippen LogP contribution >= 0.6 is 15.9 Å². The second kappa shape index (κ2) is 6.25. The third-order valence-electron chi connectivity index (χ3n) is 4.59. The first kappa shape index (κ1) is 17.3. The molecule has 0 saturated heterocycles. The van der Waals surface area contributed by atoms with Crippen LogP contribution in [-0.2, 0) is 10.1 Å². The van der Waals surface area contributed by atoms with Gasteiger partial charge < -0.3 is 4.18 Å². The van der Waals surface area contributed by atoms with Crippen molar-refractivity contribution in [3.63, 3.8) is 0 Å². The maximum absolute atomic E-state index is 12.5. The van der Waals surface area contributed by atoms with Crippen molar-refractivity contribution in [1.82, 2.24) is 9.78 Å². The van der Waals surface area contributed by atoms with Crippen molar-refractivity contribution in [2.45, 2.75) is 19.8 Å². The number of hydrogen-bond acceptors (Lipinski definition) is 4. The minimum Gasteiger partial charge on any atom is -0.361 e. The number of aryl methyl sites for hydroxylation is 2. The molecule has 1 aliphatic rings. The largest absolute Gasteiger partial charge is 0.361 e. The van der Waals surface area contributed by atoms with E-state index in [1.165, 1.54) is 0 Å². The van der Waals surface area contributed by atoms with E-state index in [1.54, 1.807) is 4.68 Å². The summed E-state index contributed by atoms with van der Waals surface area (Å²) in [5.41, 5.74) is 4.37. The quantitative estimate of drug-likeness (QED) is 0.571. The first-order chi connectivity index (χ1) is 12.4. The van der Waals surface area contributed by atoms with Gasteiger partial charge in [-0.1, -0.05) is 46.3 Å². The van der Waals surface area contributed by atoms with Crippen LogP contribution in [0.1, 0.15) is 28.3 Å². The Bertz CT molecular complexity index is 1090. The summed E-state index contributed by atoms with van der Waals surface area (Å²) in [6.07, 6.45) is 0. The summed E-state index contributed by atoms with van der Waals surface area (Å²) in [4.78, 5) is 0. The molecule has 2 heterocycles. The van der Waals surface area contributed by atoms with E-state index in [9.17, 15) is 8.42 Å². The molecule has 1 aromatic heterocycles. The highest BCUT2D eigenvalue weighted by Crippen LogP contribution is 2.42. The number of fused-ring (bicyclic) bond motifs is 1. The minimum atomic E-state index is -3.71. The molecule has 0 fully saturated rings. The van der Waals surface area contributed by atoms with Crippen molar-refractivity contribution in [3.05, 3.63) is 75.4 Å². The molecule has 0 amide bonds. The zero-order chi connectivity index (χ0) is 18.5.